The normalized spacial score (nSPS) is 21.1. The Hall–Kier alpha value is -2.04. The second kappa shape index (κ2) is 8.41. The van der Waals surface area contributed by atoms with Gasteiger partial charge in [0.1, 0.15) is 5.75 Å². The fourth-order valence-electron chi connectivity index (χ4n) is 2.89. The fraction of sp³-hybridized carbons (Fsp3) is 0.529. The molecule has 0 heterocycles. The molecule has 0 bridgehead atoms. The first-order valence-corrected chi connectivity index (χ1v) is 7.84. The number of amides is 1. The topological polar surface area (TPSA) is 75.6 Å². The van der Waals surface area contributed by atoms with Crippen molar-refractivity contribution in [1.82, 2.24) is 5.32 Å². The predicted molar refractivity (Wildman–Crippen MR) is 82.6 cm³/mol. The van der Waals surface area contributed by atoms with Crippen molar-refractivity contribution < 1.29 is 19.4 Å². The summed E-state index contributed by atoms with van der Waals surface area (Å²) in [7, 11) is 0. The molecule has 1 aliphatic carbocycles. The zero-order chi connectivity index (χ0) is 15.8. The molecule has 5 heteroatoms. The molecule has 0 radical (unpaired) electrons. The number of rotatable bonds is 7. The minimum Gasteiger partial charge on any atom is -0.493 e. The molecule has 0 saturated heterocycles. The lowest BCUT2D eigenvalue weighted by molar-refractivity contribution is -0.145. The number of para-hydroxylation sites is 1. The molecule has 2 rings (SSSR count). The van der Waals surface area contributed by atoms with E-state index < -0.39 is 5.97 Å². The van der Waals surface area contributed by atoms with Gasteiger partial charge in [-0.3, -0.25) is 9.59 Å². The van der Waals surface area contributed by atoms with Gasteiger partial charge in [-0.15, -0.1) is 0 Å². The average molecular weight is 305 g/mol. The lowest BCUT2D eigenvalue weighted by atomic mass is 9.79. The van der Waals surface area contributed by atoms with Gasteiger partial charge in [0.2, 0.25) is 5.91 Å². The number of nitrogens with one attached hydrogen (secondary N) is 1. The van der Waals surface area contributed by atoms with Gasteiger partial charge >= 0.3 is 5.97 Å². The molecule has 1 saturated carbocycles. The maximum atomic E-state index is 11.8. The first-order chi connectivity index (χ1) is 10.7. The highest BCUT2D eigenvalue weighted by atomic mass is 16.5. The van der Waals surface area contributed by atoms with Crippen molar-refractivity contribution in [2.45, 2.75) is 32.1 Å². The summed E-state index contributed by atoms with van der Waals surface area (Å²) in [5, 5.41) is 12.0. The SMILES string of the molecule is O=C(CCOc1ccccc1)NC[C@@H]1CCCC[C@@H]1C(=O)O. The Balaban J connectivity index is 1.67. The Morgan fingerprint density at radius 2 is 1.91 bits per heavy atom. The zero-order valence-electron chi connectivity index (χ0n) is 12.7. The van der Waals surface area contributed by atoms with Gasteiger partial charge in [0.15, 0.2) is 0 Å². The summed E-state index contributed by atoms with van der Waals surface area (Å²) in [5.41, 5.74) is 0. The van der Waals surface area contributed by atoms with Crippen LogP contribution in [0.2, 0.25) is 0 Å². The van der Waals surface area contributed by atoms with Gasteiger partial charge in [-0.1, -0.05) is 31.0 Å². The van der Waals surface area contributed by atoms with Crippen LogP contribution < -0.4 is 10.1 Å². The van der Waals surface area contributed by atoms with E-state index in [1.165, 1.54) is 0 Å². The summed E-state index contributed by atoms with van der Waals surface area (Å²) in [6.07, 6.45) is 3.87. The summed E-state index contributed by atoms with van der Waals surface area (Å²) in [5.74, 6) is -0.370. The highest BCUT2D eigenvalue weighted by Crippen LogP contribution is 2.29. The number of carboxylic acids is 1. The molecular formula is C17H23NO4. The summed E-state index contributed by atoms with van der Waals surface area (Å²) in [4.78, 5) is 23.0. The summed E-state index contributed by atoms with van der Waals surface area (Å²) < 4.78 is 5.47. The predicted octanol–water partition coefficient (Wildman–Crippen LogP) is 2.46. The third-order valence-corrected chi connectivity index (χ3v) is 4.13. The van der Waals surface area contributed by atoms with Crippen molar-refractivity contribution in [3.05, 3.63) is 30.3 Å². The third-order valence-electron chi connectivity index (χ3n) is 4.13. The molecule has 2 N–H and O–H groups in total. The Morgan fingerprint density at radius 1 is 1.18 bits per heavy atom. The van der Waals surface area contributed by atoms with E-state index in [9.17, 15) is 14.7 Å². The maximum Gasteiger partial charge on any atom is 0.306 e. The van der Waals surface area contributed by atoms with Crippen molar-refractivity contribution in [3.63, 3.8) is 0 Å². The molecule has 1 fully saturated rings. The Kier molecular flexibility index (Phi) is 6.25. The first-order valence-electron chi connectivity index (χ1n) is 7.84. The van der Waals surface area contributed by atoms with E-state index >= 15 is 0 Å². The molecule has 5 nitrogen and oxygen atoms in total. The summed E-state index contributed by atoms with van der Waals surface area (Å²) >= 11 is 0. The van der Waals surface area contributed by atoms with E-state index in [0.29, 0.717) is 19.6 Å². The molecule has 1 aromatic carbocycles. The van der Waals surface area contributed by atoms with E-state index in [2.05, 4.69) is 5.32 Å². The van der Waals surface area contributed by atoms with Gasteiger partial charge < -0.3 is 15.2 Å². The summed E-state index contributed by atoms with van der Waals surface area (Å²) in [6, 6.07) is 9.35. The van der Waals surface area contributed by atoms with Gasteiger partial charge in [0, 0.05) is 6.54 Å². The van der Waals surface area contributed by atoms with Crippen LogP contribution in [-0.4, -0.2) is 30.1 Å². The van der Waals surface area contributed by atoms with Crippen molar-refractivity contribution in [1.29, 1.82) is 0 Å². The van der Waals surface area contributed by atoms with E-state index in [1.54, 1.807) is 0 Å². The van der Waals surface area contributed by atoms with Crippen molar-refractivity contribution >= 4 is 11.9 Å². The molecule has 2 atom stereocenters. The van der Waals surface area contributed by atoms with E-state index in [4.69, 9.17) is 4.74 Å². The van der Waals surface area contributed by atoms with Crippen LogP contribution in [0, 0.1) is 11.8 Å². The Labute approximate surface area is 130 Å². The molecule has 1 aliphatic rings. The summed E-state index contributed by atoms with van der Waals surface area (Å²) in [6.45, 7) is 0.768. The van der Waals surface area contributed by atoms with Crippen molar-refractivity contribution in [2.75, 3.05) is 13.2 Å². The second-order valence-electron chi connectivity index (χ2n) is 5.70. The van der Waals surface area contributed by atoms with Gasteiger partial charge in [-0.25, -0.2) is 0 Å². The Bertz CT molecular complexity index is 489. The number of aliphatic carboxylic acids is 1. The average Bonchev–Trinajstić information content (AvgIpc) is 2.54. The number of ether oxygens (including phenoxy) is 1. The zero-order valence-corrected chi connectivity index (χ0v) is 12.7. The van der Waals surface area contributed by atoms with Gasteiger partial charge in [0.25, 0.3) is 0 Å². The lowest BCUT2D eigenvalue weighted by Crippen LogP contribution is -2.37. The number of carboxylic acid groups (broad SMARTS) is 1. The molecule has 0 unspecified atom stereocenters. The van der Waals surface area contributed by atoms with E-state index in [1.807, 2.05) is 30.3 Å². The number of benzene rings is 1. The first kappa shape index (κ1) is 16.3. The van der Waals surface area contributed by atoms with Crippen molar-refractivity contribution in [2.24, 2.45) is 11.8 Å². The molecule has 0 aliphatic heterocycles. The molecule has 0 aromatic heterocycles. The van der Waals surface area contributed by atoms with E-state index in [0.717, 1.165) is 25.0 Å². The largest absolute Gasteiger partial charge is 0.493 e. The standard InChI is InChI=1S/C17H23NO4/c19-16(10-11-22-14-7-2-1-3-8-14)18-12-13-6-4-5-9-15(13)17(20)21/h1-3,7-8,13,15H,4-6,9-12H2,(H,18,19)(H,20,21)/t13-,15-/m0/s1. The van der Waals surface area contributed by atoms with Crippen LogP contribution in [0.25, 0.3) is 0 Å². The van der Waals surface area contributed by atoms with Crippen LogP contribution in [-0.2, 0) is 9.59 Å². The molecule has 22 heavy (non-hydrogen) atoms. The fourth-order valence-corrected chi connectivity index (χ4v) is 2.89. The monoisotopic (exact) mass is 305 g/mol. The Morgan fingerprint density at radius 3 is 2.64 bits per heavy atom. The molecular weight excluding hydrogens is 282 g/mol. The van der Waals surface area contributed by atoms with Gasteiger partial charge in [0.05, 0.1) is 18.9 Å². The second-order valence-corrected chi connectivity index (χ2v) is 5.70. The van der Waals surface area contributed by atoms with Crippen LogP contribution in [0.15, 0.2) is 30.3 Å². The number of carbonyl (C=O) groups is 2. The van der Waals surface area contributed by atoms with Gasteiger partial charge in [-0.2, -0.15) is 0 Å². The maximum absolute atomic E-state index is 11.8. The van der Waals surface area contributed by atoms with Gasteiger partial charge in [-0.05, 0) is 30.9 Å². The highest BCUT2D eigenvalue weighted by molar-refractivity contribution is 5.76. The number of carbonyl (C=O) groups excluding carboxylic acids is 1. The quantitative estimate of drug-likeness (QED) is 0.811. The third kappa shape index (κ3) is 5.06. The highest BCUT2D eigenvalue weighted by Gasteiger charge is 2.30. The molecule has 1 aromatic rings. The van der Waals surface area contributed by atoms with Crippen LogP contribution in [0.4, 0.5) is 0 Å². The molecule has 1 amide bonds. The van der Waals surface area contributed by atoms with Crippen molar-refractivity contribution in [3.8, 4) is 5.75 Å². The minimum atomic E-state index is -0.744. The lowest BCUT2D eigenvalue weighted by Gasteiger charge is -2.28. The smallest absolute Gasteiger partial charge is 0.306 e. The number of hydrogen-bond donors (Lipinski definition) is 2. The van der Waals surface area contributed by atoms with E-state index in [-0.39, 0.29) is 24.2 Å². The van der Waals surface area contributed by atoms with Crippen LogP contribution in [0.5, 0.6) is 5.75 Å². The number of hydrogen-bond acceptors (Lipinski definition) is 3. The molecule has 120 valence electrons. The van der Waals surface area contributed by atoms with Crippen LogP contribution in [0.3, 0.4) is 0 Å². The van der Waals surface area contributed by atoms with Crippen LogP contribution in [0.1, 0.15) is 32.1 Å². The molecule has 0 spiro atoms. The van der Waals surface area contributed by atoms with Crippen LogP contribution >= 0.6 is 0 Å². The minimum absolute atomic E-state index is 0.0465.